The Balaban J connectivity index is 1.47. The second kappa shape index (κ2) is 5.80. The van der Waals surface area contributed by atoms with Crippen LogP contribution in [0.15, 0.2) is 0 Å². The highest BCUT2D eigenvalue weighted by Crippen LogP contribution is 2.13. The van der Waals surface area contributed by atoms with Crippen LogP contribution < -0.4 is 5.32 Å². The fraction of sp³-hybridized carbons (Fsp3) is 1.00. The highest BCUT2D eigenvalue weighted by atomic mass is 16.5. The molecule has 0 aliphatic carbocycles. The van der Waals surface area contributed by atoms with Gasteiger partial charge in [-0.3, -0.25) is 4.90 Å². The molecule has 4 heteroatoms. The molecule has 2 heterocycles. The first-order valence-corrected chi connectivity index (χ1v) is 6.07. The summed E-state index contributed by atoms with van der Waals surface area (Å²) >= 11 is 0. The van der Waals surface area contributed by atoms with Crippen LogP contribution in [0.1, 0.15) is 6.42 Å². The number of ether oxygens (including phenoxy) is 1. The largest absolute Gasteiger partial charge is 0.378 e. The summed E-state index contributed by atoms with van der Waals surface area (Å²) in [5, 5.41) is 3.36. The highest BCUT2D eigenvalue weighted by Gasteiger charge is 2.23. The number of likely N-dealkylation sites (N-methyl/N-ethyl adjacent to an activating group) is 1. The second-order valence-corrected chi connectivity index (χ2v) is 4.59. The zero-order chi connectivity index (χ0) is 10.5. The fourth-order valence-corrected chi connectivity index (χ4v) is 2.13. The van der Waals surface area contributed by atoms with E-state index in [0.29, 0.717) is 6.04 Å². The van der Waals surface area contributed by atoms with Gasteiger partial charge in [-0.25, -0.2) is 0 Å². The van der Waals surface area contributed by atoms with Gasteiger partial charge in [0, 0.05) is 38.8 Å². The van der Waals surface area contributed by atoms with Gasteiger partial charge in [-0.1, -0.05) is 0 Å². The van der Waals surface area contributed by atoms with Gasteiger partial charge in [0.25, 0.3) is 0 Å². The Morgan fingerprint density at radius 3 is 2.67 bits per heavy atom. The minimum atomic E-state index is 0.688. The number of hydrogen-bond donors (Lipinski definition) is 1. The van der Waals surface area contributed by atoms with Crippen LogP contribution in [0.4, 0.5) is 0 Å². The Hall–Kier alpha value is -0.160. The van der Waals surface area contributed by atoms with E-state index in [4.69, 9.17) is 4.74 Å². The Bertz CT molecular complexity index is 183. The first-order valence-electron chi connectivity index (χ1n) is 6.07. The van der Waals surface area contributed by atoms with Gasteiger partial charge in [0.05, 0.1) is 13.2 Å². The van der Waals surface area contributed by atoms with Crippen molar-refractivity contribution in [3.8, 4) is 0 Å². The molecular formula is C11H23N3O. The van der Waals surface area contributed by atoms with E-state index in [1.165, 1.54) is 26.1 Å². The zero-order valence-corrected chi connectivity index (χ0v) is 9.74. The summed E-state index contributed by atoms with van der Waals surface area (Å²) in [6.07, 6.45) is 1.31. The lowest BCUT2D eigenvalue weighted by Gasteiger charge is -2.37. The first kappa shape index (κ1) is 11.3. The fourth-order valence-electron chi connectivity index (χ4n) is 2.13. The van der Waals surface area contributed by atoms with Crippen molar-refractivity contribution in [2.24, 2.45) is 0 Å². The van der Waals surface area contributed by atoms with Gasteiger partial charge >= 0.3 is 0 Å². The van der Waals surface area contributed by atoms with E-state index in [1.54, 1.807) is 0 Å². The van der Waals surface area contributed by atoms with Gasteiger partial charge in [0.15, 0.2) is 0 Å². The van der Waals surface area contributed by atoms with Gasteiger partial charge in [-0.2, -0.15) is 0 Å². The van der Waals surface area contributed by atoms with Crippen molar-refractivity contribution in [3.05, 3.63) is 0 Å². The molecule has 2 saturated heterocycles. The molecule has 1 unspecified atom stereocenters. The van der Waals surface area contributed by atoms with Gasteiger partial charge in [-0.15, -0.1) is 0 Å². The number of hydrogen-bond acceptors (Lipinski definition) is 4. The van der Waals surface area contributed by atoms with Crippen LogP contribution >= 0.6 is 0 Å². The van der Waals surface area contributed by atoms with Crippen molar-refractivity contribution in [1.82, 2.24) is 15.1 Å². The molecular weight excluding hydrogens is 190 g/mol. The monoisotopic (exact) mass is 213 g/mol. The van der Waals surface area contributed by atoms with Gasteiger partial charge in [0.2, 0.25) is 0 Å². The van der Waals surface area contributed by atoms with Crippen LogP contribution in [0.3, 0.4) is 0 Å². The summed E-state index contributed by atoms with van der Waals surface area (Å²) in [7, 11) is 2.17. The van der Waals surface area contributed by atoms with Crippen LogP contribution in [-0.4, -0.2) is 75.4 Å². The summed E-state index contributed by atoms with van der Waals surface area (Å²) < 4.78 is 5.71. The minimum Gasteiger partial charge on any atom is -0.378 e. The number of likely N-dealkylation sites (tertiary alicyclic amines) is 1. The molecule has 4 nitrogen and oxygen atoms in total. The van der Waals surface area contributed by atoms with Crippen molar-refractivity contribution < 1.29 is 4.74 Å². The number of nitrogens with zero attached hydrogens (tertiary/aromatic N) is 2. The molecule has 0 aromatic carbocycles. The van der Waals surface area contributed by atoms with Crippen LogP contribution in [-0.2, 0) is 4.74 Å². The highest BCUT2D eigenvalue weighted by molar-refractivity contribution is 4.79. The normalized spacial score (nSPS) is 29.0. The van der Waals surface area contributed by atoms with E-state index in [1.807, 2.05) is 0 Å². The summed E-state index contributed by atoms with van der Waals surface area (Å²) in [5.74, 6) is 0. The maximum atomic E-state index is 5.71. The molecule has 2 fully saturated rings. The van der Waals surface area contributed by atoms with E-state index in [-0.39, 0.29) is 0 Å². The van der Waals surface area contributed by atoms with E-state index < -0.39 is 0 Å². The topological polar surface area (TPSA) is 27.7 Å². The molecule has 15 heavy (non-hydrogen) atoms. The lowest BCUT2D eigenvalue weighted by molar-refractivity contribution is 0.0133. The van der Waals surface area contributed by atoms with Crippen molar-refractivity contribution >= 4 is 0 Å². The molecule has 2 aliphatic heterocycles. The molecule has 0 amide bonds. The van der Waals surface area contributed by atoms with Crippen molar-refractivity contribution in [3.63, 3.8) is 0 Å². The third-order valence-corrected chi connectivity index (χ3v) is 3.51. The molecule has 0 spiro atoms. The van der Waals surface area contributed by atoms with E-state index >= 15 is 0 Å². The van der Waals surface area contributed by atoms with Gasteiger partial charge in [-0.05, 0) is 20.0 Å². The molecule has 88 valence electrons. The summed E-state index contributed by atoms with van der Waals surface area (Å²) in [4.78, 5) is 4.84. The maximum absolute atomic E-state index is 5.71. The number of piperazine rings is 1. The van der Waals surface area contributed by atoms with Crippen molar-refractivity contribution in [2.75, 3.05) is 59.5 Å². The van der Waals surface area contributed by atoms with E-state index in [9.17, 15) is 0 Å². The maximum Gasteiger partial charge on any atom is 0.0622 e. The molecule has 0 bridgehead atoms. The molecule has 1 N–H and O–H groups in total. The lowest BCUT2D eigenvalue weighted by Crippen LogP contribution is -2.48. The Labute approximate surface area is 92.6 Å². The molecule has 0 radical (unpaired) electrons. The second-order valence-electron chi connectivity index (χ2n) is 4.59. The van der Waals surface area contributed by atoms with E-state index in [0.717, 1.165) is 32.8 Å². The predicted octanol–water partition coefficient (Wildman–Crippen LogP) is -0.388. The average molecular weight is 213 g/mol. The molecule has 2 rings (SSSR count). The third-order valence-electron chi connectivity index (χ3n) is 3.51. The van der Waals surface area contributed by atoms with Crippen LogP contribution in [0.2, 0.25) is 0 Å². The Morgan fingerprint density at radius 1 is 1.27 bits per heavy atom. The van der Waals surface area contributed by atoms with Gasteiger partial charge in [0.1, 0.15) is 0 Å². The number of rotatable bonds is 5. The SMILES string of the molecule is CN1CCC1COCCN1CCNCC1. The van der Waals surface area contributed by atoms with Crippen LogP contribution in [0, 0.1) is 0 Å². The standard InChI is InChI=1S/C11H23N3O/c1-13-5-2-11(13)10-15-9-8-14-6-3-12-4-7-14/h11-12H,2-10H2,1H3. The van der Waals surface area contributed by atoms with Crippen LogP contribution in [0.5, 0.6) is 0 Å². The minimum absolute atomic E-state index is 0.688. The third kappa shape index (κ3) is 3.41. The summed E-state index contributed by atoms with van der Waals surface area (Å²) in [5.41, 5.74) is 0. The molecule has 0 aromatic rings. The summed E-state index contributed by atoms with van der Waals surface area (Å²) in [6, 6.07) is 0.688. The smallest absolute Gasteiger partial charge is 0.0622 e. The Kier molecular flexibility index (Phi) is 4.38. The number of nitrogens with one attached hydrogen (secondary N) is 1. The van der Waals surface area contributed by atoms with Crippen molar-refractivity contribution in [1.29, 1.82) is 0 Å². The van der Waals surface area contributed by atoms with E-state index in [2.05, 4.69) is 22.2 Å². The molecule has 1 atom stereocenters. The molecule has 0 aromatic heterocycles. The summed E-state index contributed by atoms with van der Waals surface area (Å²) in [6.45, 7) is 8.76. The molecule has 2 aliphatic rings. The predicted molar refractivity (Wildman–Crippen MR) is 61.2 cm³/mol. The van der Waals surface area contributed by atoms with Crippen molar-refractivity contribution in [2.45, 2.75) is 12.5 Å². The molecule has 0 saturated carbocycles. The van der Waals surface area contributed by atoms with Gasteiger partial charge < -0.3 is 15.0 Å². The Morgan fingerprint density at radius 2 is 2.07 bits per heavy atom. The van der Waals surface area contributed by atoms with Crippen LogP contribution in [0.25, 0.3) is 0 Å². The lowest BCUT2D eigenvalue weighted by atomic mass is 10.1. The zero-order valence-electron chi connectivity index (χ0n) is 9.74. The average Bonchev–Trinajstić information content (AvgIpc) is 2.28. The first-order chi connectivity index (χ1) is 7.36. The quantitative estimate of drug-likeness (QED) is 0.630.